The van der Waals surface area contributed by atoms with E-state index >= 15 is 0 Å². The second-order valence-electron chi connectivity index (χ2n) is 2.53. The molecule has 0 radical (unpaired) electrons. The monoisotopic (exact) mass is 254 g/mol. The van der Waals surface area contributed by atoms with Crippen LogP contribution in [0, 0.1) is 0 Å². The standard InChI is InChI=1S/C8H5Cl3O3/c9-8(10,11)7(14)5-3-4(12)1-2-6(5)13/h1-3,12-13H. The Kier molecular flexibility index (Phi) is 3.14. The van der Waals surface area contributed by atoms with Crippen LogP contribution in [0.4, 0.5) is 0 Å². The Morgan fingerprint density at radius 3 is 2.29 bits per heavy atom. The normalized spacial score (nSPS) is 11.4. The van der Waals surface area contributed by atoms with Crippen LogP contribution in [0.5, 0.6) is 11.5 Å². The molecule has 1 aromatic carbocycles. The number of phenols is 2. The summed E-state index contributed by atoms with van der Waals surface area (Å²) in [6.07, 6.45) is 0. The van der Waals surface area contributed by atoms with Gasteiger partial charge in [0.25, 0.3) is 3.79 Å². The molecule has 0 saturated carbocycles. The van der Waals surface area contributed by atoms with Gasteiger partial charge >= 0.3 is 0 Å². The molecule has 0 unspecified atom stereocenters. The summed E-state index contributed by atoms with van der Waals surface area (Å²) in [6.45, 7) is 0. The van der Waals surface area contributed by atoms with Gasteiger partial charge in [0, 0.05) is 0 Å². The third kappa shape index (κ3) is 2.44. The molecule has 14 heavy (non-hydrogen) atoms. The third-order valence-corrected chi connectivity index (χ3v) is 2.00. The summed E-state index contributed by atoms with van der Waals surface area (Å²) in [6, 6.07) is 3.38. The predicted octanol–water partition coefficient (Wildman–Crippen LogP) is 2.65. The molecule has 1 rings (SSSR count). The van der Waals surface area contributed by atoms with Crippen LogP contribution in [0.1, 0.15) is 10.4 Å². The van der Waals surface area contributed by atoms with E-state index in [2.05, 4.69) is 0 Å². The minimum absolute atomic E-state index is 0.194. The molecule has 76 valence electrons. The lowest BCUT2D eigenvalue weighted by molar-refractivity contribution is 0.0993. The van der Waals surface area contributed by atoms with E-state index in [1.807, 2.05) is 0 Å². The van der Waals surface area contributed by atoms with Crippen LogP contribution in [0.15, 0.2) is 18.2 Å². The molecule has 0 spiro atoms. The van der Waals surface area contributed by atoms with Gasteiger partial charge < -0.3 is 10.2 Å². The molecule has 0 atom stereocenters. The molecule has 0 bridgehead atoms. The van der Waals surface area contributed by atoms with Gasteiger partial charge in [0.2, 0.25) is 5.78 Å². The Balaban J connectivity index is 3.19. The van der Waals surface area contributed by atoms with Crippen molar-refractivity contribution >= 4 is 40.6 Å². The number of carbonyl (C=O) groups is 1. The number of ketones is 1. The highest BCUT2D eigenvalue weighted by molar-refractivity contribution is 6.77. The summed E-state index contributed by atoms with van der Waals surface area (Å²) in [4.78, 5) is 11.4. The highest BCUT2D eigenvalue weighted by Crippen LogP contribution is 2.34. The maximum absolute atomic E-state index is 11.4. The molecular formula is C8H5Cl3O3. The maximum atomic E-state index is 11.4. The number of phenolic OH excluding ortho intramolecular Hbond substituents is 2. The number of rotatable bonds is 1. The van der Waals surface area contributed by atoms with Crippen LogP contribution in [-0.4, -0.2) is 19.8 Å². The molecular weight excluding hydrogens is 250 g/mol. The van der Waals surface area contributed by atoms with Gasteiger partial charge in [0.1, 0.15) is 11.5 Å². The number of carbonyl (C=O) groups excluding carboxylic acids is 1. The van der Waals surface area contributed by atoms with Crippen molar-refractivity contribution in [3.05, 3.63) is 23.8 Å². The topological polar surface area (TPSA) is 57.5 Å². The highest BCUT2D eigenvalue weighted by Gasteiger charge is 2.33. The molecule has 0 aliphatic rings. The minimum Gasteiger partial charge on any atom is -0.508 e. The molecule has 0 amide bonds. The lowest BCUT2D eigenvalue weighted by Gasteiger charge is -2.10. The number of halogens is 3. The van der Waals surface area contributed by atoms with Gasteiger partial charge in [-0.3, -0.25) is 4.79 Å². The highest BCUT2D eigenvalue weighted by atomic mass is 35.6. The molecule has 0 aromatic heterocycles. The quantitative estimate of drug-likeness (QED) is 0.461. The van der Waals surface area contributed by atoms with E-state index in [4.69, 9.17) is 39.9 Å². The number of benzene rings is 1. The van der Waals surface area contributed by atoms with E-state index in [1.165, 1.54) is 6.07 Å². The maximum Gasteiger partial charge on any atom is 0.253 e. The molecule has 6 heteroatoms. The Hall–Kier alpha value is -0.640. The van der Waals surface area contributed by atoms with E-state index in [-0.39, 0.29) is 17.1 Å². The molecule has 0 heterocycles. The fourth-order valence-corrected chi connectivity index (χ4v) is 1.16. The number of Topliss-reactive ketones (excluding diaryl/α,β-unsaturated/α-hetero) is 1. The molecule has 3 nitrogen and oxygen atoms in total. The zero-order chi connectivity index (χ0) is 10.9. The van der Waals surface area contributed by atoms with Crippen molar-refractivity contribution in [2.75, 3.05) is 0 Å². The predicted molar refractivity (Wildman–Crippen MR) is 54.4 cm³/mol. The average molecular weight is 255 g/mol. The number of alkyl halides is 3. The van der Waals surface area contributed by atoms with Gasteiger partial charge in [-0.05, 0) is 18.2 Å². The van der Waals surface area contributed by atoms with Gasteiger partial charge in [-0.2, -0.15) is 0 Å². The Labute approximate surface area is 94.8 Å². The number of hydrogen-bond donors (Lipinski definition) is 2. The first-order valence-electron chi connectivity index (χ1n) is 3.46. The molecule has 0 saturated heterocycles. The molecule has 0 aliphatic heterocycles. The van der Waals surface area contributed by atoms with Crippen LogP contribution in [0.3, 0.4) is 0 Å². The van der Waals surface area contributed by atoms with Crippen molar-refractivity contribution in [1.29, 1.82) is 0 Å². The fraction of sp³-hybridized carbons (Fsp3) is 0.125. The van der Waals surface area contributed by atoms with Gasteiger partial charge in [-0.1, -0.05) is 34.8 Å². The lowest BCUT2D eigenvalue weighted by atomic mass is 10.1. The number of aromatic hydroxyl groups is 2. The number of hydrogen-bond acceptors (Lipinski definition) is 3. The Bertz CT molecular complexity index is 371. The summed E-state index contributed by atoms with van der Waals surface area (Å²) in [5, 5.41) is 18.3. The summed E-state index contributed by atoms with van der Waals surface area (Å²) in [7, 11) is 0. The van der Waals surface area contributed by atoms with E-state index in [0.29, 0.717) is 0 Å². The summed E-state index contributed by atoms with van der Waals surface area (Å²) in [5.41, 5.74) is -0.231. The zero-order valence-electron chi connectivity index (χ0n) is 6.67. The fourth-order valence-electron chi connectivity index (χ4n) is 0.859. The summed E-state index contributed by atoms with van der Waals surface area (Å²) >= 11 is 16.0. The van der Waals surface area contributed by atoms with E-state index < -0.39 is 9.58 Å². The third-order valence-electron chi connectivity index (χ3n) is 1.48. The zero-order valence-corrected chi connectivity index (χ0v) is 8.94. The van der Waals surface area contributed by atoms with Gasteiger partial charge in [-0.15, -0.1) is 0 Å². The summed E-state index contributed by atoms with van der Waals surface area (Å²) in [5.74, 6) is -1.43. The van der Waals surface area contributed by atoms with Crippen LogP contribution in [-0.2, 0) is 0 Å². The van der Waals surface area contributed by atoms with E-state index in [9.17, 15) is 9.90 Å². The largest absolute Gasteiger partial charge is 0.508 e. The van der Waals surface area contributed by atoms with Gasteiger partial charge in [0.15, 0.2) is 0 Å². The van der Waals surface area contributed by atoms with Crippen LogP contribution in [0.2, 0.25) is 0 Å². The van der Waals surface area contributed by atoms with Crippen molar-refractivity contribution in [1.82, 2.24) is 0 Å². The first kappa shape index (κ1) is 11.4. The molecule has 0 aliphatic carbocycles. The first-order chi connectivity index (χ1) is 6.32. The van der Waals surface area contributed by atoms with Crippen molar-refractivity contribution in [2.24, 2.45) is 0 Å². The summed E-state index contributed by atoms with van der Waals surface area (Å²) < 4.78 is -2.15. The first-order valence-corrected chi connectivity index (χ1v) is 4.59. The van der Waals surface area contributed by atoms with Crippen molar-refractivity contribution < 1.29 is 15.0 Å². The van der Waals surface area contributed by atoms with Crippen LogP contribution < -0.4 is 0 Å². The second kappa shape index (κ2) is 3.85. The SMILES string of the molecule is O=C(c1cc(O)ccc1O)C(Cl)(Cl)Cl. The molecule has 2 N–H and O–H groups in total. The van der Waals surface area contributed by atoms with Crippen LogP contribution >= 0.6 is 34.8 Å². The minimum atomic E-state index is -2.15. The van der Waals surface area contributed by atoms with Gasteiger partial charge in [-0.25, -0.2) is 0 Å². The Morgan fingerprint density at radius 2 is 1.79 bits per heavy atom. The van der Waals surface area contributed by atoms with E-state index in [0.717, 1.165) is 12.1 Å². The second-order valence-corrected chi connectivity index (χ2v) is 4.81. The Morgan fingerprint density at radius 1 is 1.21 bits per heavy atom. The average Bonchev–Trinajstić information content (AvgIpc) is 2.06. The van der Waals surface area contributed by atoms with Crippen LogP contribution in [0.25, 0.3) is 0 Å². The lowest BCUT2D eigenvalue weighted by Crippen LogP contribution is -2.18. The van der Waals surface area contributed by atoms with E-state index in [1.54, 1.807) is 0 Å². The molecule has 1 aromatic rings. The van der Waals surface area contributed by atoms with Crippen molar-refractivity contribution in [2.45, 2.75) is 3.79 Å². The van der Waals surface area contributed by atoms with Crippen molar-refractivity contribution in [3.8, 4) is 11.5 Å². The molecule has 0 fully saturated rings. The smallest absolute Gasteiger partial charge is 0.253 e. The van der Waals surface area contributed by atoms with Crippen molar-refractivity contribution in [3.63, 3.8) is 0 Å². The van der Waals surface area contributed by atoms with Gasteiger partial charge in [0.05, 0.1) is 5.56 Å².